The summed E-state index contributed by atoms with van der Waals surface area (Å²) in [5.41, 5.74) is 0. The Labute approximate surface area is 113 Å². The van der Waals surface area contributed by atoms with Crippen molar-refractivity contribution in [2.75, 3.05) is 38.6 Å². The Morgan fingerprint density at radius 3 is 2.89 bits per heavy atom. The molecular weight excluding hydrogens is 244 g/mol. The van der Waals surface area contributed by atoms with Crippen LogP contribution < -0.4 is 10.2 Å². The van der Waals surface area contributed by atoms with Gasteiger partial charge in [-0.15, -0.1) is 0 Å². The van der Waals surface area contributed by atoms with Gasteiger partial charge in [-0.1, -0.05) is 13.8 Å². The molecule has 19 heavy (non-hydrogen) atoms. The number of hydrogen-bond acceptors (Lipinski definition) is 5. The normalized spacial score (nSPS) is 19.8. The van der Waals surface area contributed by atoms with Gasteiger partial charge in [-0.2, -0.15) is 0 Å². The molecule has 1 aliphatic heterocycles. The Hall–Kier alpha value is -1.56. The number of rotatable bonds is 3. The fourth-order valence-electron chi connectivity index (χ4n) is 2.14. The van der Waals surface area contributed by atoms with Crippen molar-refractivity contribution in [1.82, 2.24) is 15.2 Å². The summed E-state index contributed by atoms with van der Waals surface area (Å²) < 4.78 is 5.46. The molecule has 1 aliphatic rings. The molecule has 1 saturated heterocycles. The van der Waals surface area contributed by atoms with Crippen molar-refractivity contribution in [3.8, 4) is 0 Å². The minimum absolute atomic E-state index is 0.0762. The van der Waals surface area contributed by atoms with Crippen molar-refractivity contribution in [3.05, 3.63) is 12.0 Å². The first kappa shape index (κ1) is 13.9. The van der Waals surface area contributed by atoms with Gasteiger partial charge in [-0.25, -0.2) is 4.98 Å². The third kappa shape index (κ3) is 3.07. The molecule has 0 saturated carbocycles. The van der Waals surface area contributed by atoms with E-state index >= 15 is 0 Å². The molecule has 1 amide bonds. The zero-order valence-electron chi connectivity index (χ0n) is 12.0. The fraction of sp³-hybridized carbons (Fsp3) is 0.692. The zero-order valence-corrected chi connectivity index (χ0v) is 12.0. The second-order valence-corrected chi connectivity index (χ2v) is 5.46. The van der Waals surface area contributed by atoms with Gasteiger partial charge in [0.05, 0.1) is 6.20 Å². The van der Waals surface area contributed by atoms with E-state index in [-0.39, 0.29) is 5.91 Å². The summed E-state index contributed by atoms with van der Waals surface area (Å²) in [6.07, 6.45) is 1.50. The first-order valence-electron chi connectivity index (χ1n) is 6.65. The van der Waals surface area contributed by atoms with Crippen LogP contribution in [0.4, 0.5) is 6.01 Å². The highest BCUT2D eigenvalue weighted by Crippen LogP contribution is 2.16. The Kier molecular flexibility index (Phi) is 4.09. The maximum absolute atomic E-state index is 12.3. The molecule has 0 aliphatic carbocycles. The van der Waals surface area contributed by atoms with Crippen LogP contribution in [0.2, 0.25) is 0 Å². The smallest absolute Gasteiger partial charge is 0.297 e. The van der Waals surface area contributed by atoms with E-state index in [0.29, 0.717) is 36.8 Å². The van der Waals surface area contributed by atoms with Gasteiger partial charge in [-0.3, -0.25) is 4.79 Å². The summed E-state index contributed by atoms with van der Waals surface area (Å²) in [5, 5.41) is 3.43. The first-order chi connectivity index (χ1) is 8.99. The molecule has 1 aromatic heterocycles. The standard InChI is InChI=1S/C13H22N4O2/c1-9(2)10-8-17(6-5-14-10)12(18)11-7-15-13(19-11)16(3)4/h7,9-10,14H,5-6,8H2,1-4H3/t10-/m1/s1. The van der Waals surface area contributed by atoms with Crippen LogP contribution in [0.5, 0.6) is 0 Å². The lowest BCUT2D eigenvalue weighted by Crippen LogP contribution is -2.54. The van der Waals surface area contributed by atoms with Crippen LogP contribution in [0, 0.1) is 5.92 Å². The largest absolute Gasteiger partial charge is 0.418 e. The van der Waals surface area contributed by atoms with Gasteiger partial charge >= 0.3 is 0 Å². The Morgan fingerprint density at radius 2 is 2.32 bits per heavy atom. The van der Waals surface area contributed by atoms with E-state index in [1.165, 1.54) is 6.20 Å². The van der Waals surface area contributed by atoms with Gasteiger partial charge in [0.1, 0.15) is 0 Å². The van der Waals surface area contributed by atoms with Crippen LogP contribution in [0.15, 0.2) is 10.6 Å². The first-order valence-corrected chi connectivity index (χ1v) is 6.65. The van der Waals surface area contributed by atoms with Crippen molar-refractivity contribution in [3.63, 3.8) is 0 Å². The minimum Gasteiger partial charge on any atom is -0.418 e. The van der Waals surface area contributed by atoms with Gasteiger partial charge in [0, 0.05) is 39.8 Å². The molecule has 2 rings (SSSR count). The SMILES string of the molecule is CC(C)[C@H]1CN(C(=O)c2cnc(N(C)C)o2)CCN1. The molecule has 0 radical (unpaired) electrons. The number of hydrogen-bond donors (Lipinski definition) is 1. The van der Waals surface area contributed by atoms with Crippen molar-refractivity contribution < 1.29 is 9.21 Å². The number of aromatic nitrogens is 1. The molecule has 1 aromatic rings. The lowest BCUT2D eigenvalue weighted by atomic mass is 10.0. The highest BCUT2D eigenvalue weighted by Gasteiger charge is 2.27. The maximum Gasteiger partial charge on any atom is 0.297 e. The second-order valence-electron chi connectivity index (χ2n) is 5.46. The van der Waals surface area contributed by atoms with Crippen LogP contribution >= 0.6 is 0 Å². The molecule has 1 N–H and O–H groups in total. The highest BCUT2D eigenvalue weighted by molar-refractivity contribution is 5.91. The topological polar surface area (TPSA) is 61.6 Å². The summed E-state index contributed by atoms with van der Waals surface area (Å²) in [6, 6.07) is 0.799. The van der Waals surface area contributed by atoms with Gasteiger partial charge < -0.3 is 19.5 Å². The molecule has 106 valence electrons. The quantitative estimate of drug-likeness (QED) is 0.877. The Balaban J connectivity index is 2.06. The van der Waals surface area contributed by atoms with E-state index in [2.05, 4.69) is 24.1 Å². The third-order valence-electron chi connectivity index (χ3n) is 3.38. The molecule has 6 nitrogen and oxygen atoms in total. The summed E-state index contributed by atoms with van der Waals surface area (Å²) in [6.45, 7) is 6.56. The predicted molar refractivity (Wildman–Crippen MR) is 73.4 cm³/mol. The number of anilines is 1. The van der Waals surface area contributed by atoms with Gasteiger partial charge in [-0.05, 0) is 5.92 Å². The molecule has 6 heteroatoms. The monoisotopic (exact) mass is 266 g/mol. The molecule has 2 heterocycles. The van der Waals surface area contributed by atoms with Crippen LogP contribution in [-0.2, 0) is 0 Å². The Bertz CT molecular complexity index is 442. The summed E-state index contributed by atoms with van der Waals surface area (Å²) >= 11 is 0. The van der Waals surface area contributed by atoms with Crippen molar-refractivity contribution >= 4 is 11.9 Å². The molecule has 0 bridgehead atoms. The van der Waals surface area contributed by atoms with E-state index in [1.54, 1.807) is 4.90 Å². The number of nitrogens with zero attached hydrogens (tertiary/aromatic N) is 3. The van der Waals surface area contributed by atoms with E-state index in [0.717, 1.165) is 6.54 Å². The van der Waals surface area contributed by atoms with Crippen molar-refractivity contribution in [2.45, 2.75) is 19.9 Å². The highest BCUT2D eigenvalue weighted by atomic mass is 16.4. The molecule has 0 aromatic carbocycles. The Morgan fingerprint density at radius 1 is 1.58 bits per heavy atom. The van der Waals surface area contributed by atoms with Crippen molar-refractivity contribution in [2.24, 2.45) is 5.92 Å². The minimum atomic E-state index is -0.0762. The number of oxazole rings is 1. The average Bonchev–Trinajstić information content (AvgIpc) is 2.87. The summed E-state index contributed by atoms with van der Waals surface area (Å²) in [4.78, 5) is 20.0. The molecule has 0 unspecified atom stereocenters. The second kappa shape index (κ2) is 5.61. The third-order valence-corrected chi connectivity index (χ3v) is 3.38. The zero-order chi connectivity index (χ0) is 14.0. The fourth-order valence-corrected chi connectivity index (χ4v) is 2.14. The number of piperazine rings is 1. The predicted octanol–water partition coefficient (Wildman–Crippen LogP) is 0.811. The summed E-state index contributed by atoms with van der Waals surface area (Å²) in [5.74, 6) is 0.739. The lowest BCUT2D eigenvalue weighted by Gasteiger charge is -2.35. The summed E-state index contributed by atoms with van der Waals surface area (Å²) in [7, 11) is 3.67. The van der Waals surface area contributed by atoms with Crippen molar-refractivity contribution in [1.29, 1.82) is 0 Å². The van der Waals surface area contributed by atoms with Gasteiger partial charge in [0.25, 0.3) is 11.9 Å². The van der Waals surface area contributed by atoms with E-state index in [1.807, 2.05) is 19.0 Å². The van der Waals surface area contributed by atoms with Crippen LogP contribution in [0.1, 0.15) is 24.4 Å². The number of nitrogens with one attached hydrogen (secondary N) is 1. The van der Waals surface area contributed by atoms with E-state index in [9.17, 15) is 4.79 Å². The maximum atomic E-state index is 12.3. The molecule has 1 atom stereocenters. The van der Waals surface area contributed by atoms with Crippen LogP contribution in [0.25, 0.3) is 0 Å². The lowest BCUT2D eigenvalue weighted by molar-refractivity contribution is 0.0652. The van der Waals surface area contributed by atoms with Gasteiger partial charge in [0.2, 0.25) is 5.76 Å². The van der Waals surface area contributed by atoms with Crippen LogP contribution in [-0.4, -0.2) is 55.6 Å². The molecular formula is C13H22N4O2. The van der Waals surface area contributed by atoms with Gasteiger partial charge in [0.15, 0.2) is 0 Å². The van der Waals surface area contributed by atoms with E-state index < -0.39 is 0 Å². The van der Waals surface area contributed by atoms with E-state index in [4.69, 9.17) is 4.42 Å². The number of carbonyl (C=O) groups is 1. The number of amides is 1. The van der Waals surface area contributed by atoms with Crippen LogP contribution in [0.3, 0.4) is 0 Å². The average molecular weight is 266 g/mol. The number of carbonyl (C=O) groups excluding carboxylic acids is 1. The molecule has 0 spiro atoms. The molecule has 1 fully saturated rings.